The first-order valence-corrected chi connectivity index (χ1v) is 7.42. The van der Waals surface area contributed by atoms with E-state index in [0.717, 1.165) is 0 Å². The molecule has 0 aliphatic rings. The molecule has 0 bridgehead atoms. The molecule has 0 saturated carbocycles. The maximum atomic E-state index is 11.3. The van der Waals surface area contributed by atoms with Crippen LogP contribution in [0.5, 0.6) is 0 Å². The van der Waals surface area contributed by atoms with Gasteiger partial charge < -0.3 is 0 Å². The molecule has 19 heteroatoms. The zero-order valence-electron chi connectivity index (χ0n) is 14.5. The molecular weight excluding hydrogens is 434 g/mol. The van der Waals surface area contributed by atoms with Crippen LogP contribution in [-0.4, -0.2) is 29.5 Å². The van der Waals surface area contributed by atoms with Crippen molar-refractivity contribution in [1.29, 1.82) is 0 Å². The van der Waals surface area contributed by atoms with E-state index in [9.17, 15) is 60.7 Å². The van der Waals surface area contributed by atoms with Crippen molar-refractivity contribution in [2.45, 2.75) is 0 Å². The molecule has 160 valence electrons. The molecule has 2 N–H and O–H groups in total. The Kier molecular flexibility index (Phi) is 5.73. The highest BCUT2D eigenvalue weighted by Crippen LogP contribution is 2.40. The van der Waals surface area contributed by atoms with Crippen molar-refractivity contribution in [1.82, 2.24) is 0 Å². The van der Waals surface area contributed by atoms with E-state index in [1.54, 1.807) is 0 Å². The fourth-order valence-corrected chi connectivity index (χ4v) is 2.47. The molecule has 2 aromatic carbocycles. The van der Waals surface area contributed by atoms with Gasteiger partial charge in [-0.15, -0.1) is 0 Å². The summed E-state index contributed by atoms with van der Waals surface area (Å²) in [6.45, 7) is 0. The molecule has 2 rings (SSSR count). The van der Waals surface area contributed by atoms with Crippen LogP contribution in [-0.2, 0) is 0 Å². The second-order valence-corrected chi connectivity index (χ2v) is 5.48. The standard InChI is InChI=1S/C12H5N7O12/c20-14(21)5-1-7(16(24)25)11(8(2-5)17(26)27)13-12-9(18(28)29)3-6(15(22)23)4-10(12)19(30)31/h1-4,13H/p+1. The zero-order valence-corrected chi connectivity index (χ0v) is 14.5. The van der Waals surface area contributed by atoms with E-state index in [0.29, 0.717) is 29.6 Å². The Balaban J connectivity index is 2.93. The Morgan fingerprint density at radius 1 is 0.452 bits per heavy atom. The van der Waals surface area contributed by atoms with Gasteiger partial charge in [0.2, 0.25) is 0 Å². The first kappa shape index (κ1) is 22.1. The number of hydrogen-bond acceptors (Lipinski definition) is 12. The second kappa shape index (κ2) is 8.04. The molecule has 0 fully saturated rings. The van der Waals surface area contributed by atoms with Gasteiger partial charge >= 0.3 is 22.7 Å². The number of nitro benzene ring substituents is 6. The SMILES string of the molecule is O=[N+]([O-])c1cc([N+](=O)[O-])c([NH2+]c2c([N+](=O)[O-])cc([N+](=O)[O-])cc2[N+](=O)[O-])c([N+](=O)[O-])c1. The molecule has 0 saturated heterocycles. The van der Waals surface area contributed by atoms with E-state index in [-0.39, 0.29) is 0 Å². The highest BCUT2D eigenvalue weighted by molar-refractivity contribution is 5.75. The summed E-state index contributed by atoms with van der Waals surface area (Å²) in [7, 11) is 0. The molecule has 0 heterocycles. The van der Waals surface area contributed by atoms with Crippen LogP contribution in [0, 0.1) is 60.7 Å². The maximum Gasteiger partial charge on any atom is 0.343 e. The lowest BCUT2D eigenvalue weighted by molar-refractivity contribution is -0.518. The monoisotopic (exact) mass is 440 g/mol. The van der Waals surface area contributed by atoms with Crippen LogP contribution >= 0.6 is 0 Å². The minimum Gasteiger partial charge on any atom is -0.258 e. The molecule has 0 aliphatic carbocycles. The molecular formula is C12H6N7O12+. The molecule has 0 atom stereocenters. The van der Waals surface area contributed by atoms with Crippen molar-refractivity contribution in [3.63, 3.8) is 0 Å². The average Bonchev–Trinajstić information content (AvgIpc) is 2.66. The normalized spacial score (nSPS) is 10.3. The summed E-state index contributed by atoms with van der Waals surface area (Å²) in [5.41, 5.74) is -9.15. The van der Waals surface area contributed by atoms with E-state index >= 15 is 0 Å². The fraction of sp³-hybridized carbons (Fsp3) is 0. The van der Waals surface area contributed by atoms with Gasteiger partial charge in [0.1, 0.15) is 24.3 Å². The molecule has 0 amide bonds. The van der Waals surface area contributed by atoms with Crippen molar-refractivity contribution >= 4 is 45.5 Å². The Hall–Kier alpha value is -5.20. The lowest BCUT2D eigenvalue weighted by Crippen LogP contribution is -2.72. The quantitative estimate of drug-likeness (QED) is 0.348. The third-order valence-corrected chi connectivity index (χ3v) is 3.74. The number of non-ortho nitro benzene ring substituents is 2. The van der Waals surface area contributed by atoms with Crippen LogP contribution in [0.1, 0.15) is 0 Å². The van der Waals surface area contributed by atoms with Crippen LogP contribution < -0.4 is 5.32 Å². The van der Waals surface area contributed by atoms with Crippen molar-refractivity contribution in [2.75, 3.05) is 0 Å². The van der Waals surface area contributed by atoms with E-state index < -0.39 is 75.0 Å². The molecule has 0 radical (unpaired) electrons. The highest BCUT2D eigenvalue weighted by atomic mass is 16.6. The summed E-state index contributed by atoms with van der Waals surface area (Å²) >= 11 is 0. The molecule has 31 heavy (non-hydrogen) atoms. The summed E-state index contributed by atoms with van der Waals surface area (Å²) in [6.07, 6.45) is 0. The van der Waals surface area contributed by atoms with E-state index in [2.05, 4.69) is 0 Å². The van der Waals surface area contributed by atoms with Crippen LogP contribution in [0.4, 0.5) is 45.5 Å². The minimum atomic E-state index is -1.27. The van der Waals surface area contributed by atoms with Crippen molar-refractivity contribution in [3.05, 3.63) is 85.0 Å². The zero-order chi connectivity index (χ0) is 23.6. The lowest BCUT2D eigenvalue weighted by atomic mass is 10.1. The highest BCUT2D eigenvalue weighted by Gasteiger charge is 2.40. The molecule has 0 aliphatic heterocycles. The van der Waals surface area contributed by atoms with Gasteiger partial charge in [0, 0.05) is 0 Å². The molecule has 19 nitrogen and oxygen atoms in total. The van der Waals surface area contributed by atoms with Gasteiger partial charge in [-0.25, -0.2) is 0 Å². The third kappa shape index (κ3) is 4.29. The Morgan fingerprint density at radius 3 is 0.839 bits per heavy atom. The number of hydrogen-bond donors (Lipinski definition) is 1. The number of nitro groups is 6. The third-order valence-electron chi connectivity index (χ3n) is 3.74. The molecule has 0 spiro atoms. The van der Waals surface area contributed by atoms with Gasteiger partial charge in [-0.1, -0.05) is 0 Å². The Labute approximate surface area is 166 Å². The van der Waals surface area contributed by atoms with Crippen LogP contribution in [0.3, 0.4) is 0 Å². The van der Waals surface area contributed by atoms with E-state index in [1.165, 1.54) is 0 Å². The number of nitrogens with zero attached hydrogens (tertiary/aromatic N) is 6. The van der Waals surface area contributed by atoms with Gasteiger partial charge in [0.05, 0.1) is 29.5 Å². The van der Waals surface area contributed by atoms with Crippen molar-refractivity contribution in [3.8, 4) is 0 Å². The van der Waals surface area contributed by atoms with Gasteiger partial charge in [-0.3, -0.25) is 66.0 Å². The summed E-state index contributed by atoms with van der Waals surface area (Å²) in [6, 6.07) is 1.29. The number of nitrogens with two attached hydrogens (primary N) is 1. The van der Waals surface area contributed by atoms with E-state index in [4.69, 9.17) is 0 Å². The first-order chi connectivity index (χ1) is 14.3. The van der Waals surface area contributed by atoms with Gasteiger partial charge in [-0.05, 0) is 0 Å². The summed E-state index contributed by atoms with van der Waals surface area (Å²) in [5.74, 6) is 0. The van der Waals surface area contributed by atoms with Crippen molar-refractivity contribution in [2.24, 2.45) is 0 Å². The molecule has 2 aromatic rings. The van der Waals surface area contributed by atoms with Crippen LogP contribution in [0.2, 0.25) is 0 Å². The fourth-order valence-electron chi connectivity index (χ4n) is 2.47. The first-order valence-electron chi connectivity index (χ1n) is 7.42. The van der Waals surface area contributed by atoms with Gasteiger partial charge in [-0.2, -0.15) is 0 Å². The van der Waals surface area contributed by atoms with Crippen molar-refractivity contribution < 1.29 is 34.9 Å². The topological polar surface area (TPSA) is 275 Å². The smallest absolute Gasteiger partial charge is 0.258 e. The number of rotatable bonds is 8. The second-order valence-electron chi connectivity index (χ2n) is 5.48. The number of quaternary nitrogens is 1. The van der Waals surface area contributed by atoms with E-state index in [1.807, 2.05) is 0 Å². The predicted molar refractivity (Wildman–Crippen MR) is 94.1 cm³/mol. The maximum absolute atomic E-state index is 11.3. The van der Waals surface area contributed by atoms with Crippen LogP contribution in [0.25, 0.3) is 0 Å². The summed E-state index contributed by atoms with van der Waals surface area (Å²) < 4.78 is 0. The molecule has 0 unspecified atom stereocenters. The van der Waals surface area contributed by atoms with Gasteiger partial charge in [0.15, 0.2) is 0 Å². The summed E-state index contributed by atoms with van der Waals surface area (Å²) in [5, 5.41) is 67.5. The van der Waals surface area contributed by atoms with Crippen LogP contribution in [0.15, 0.2) is 24.3 Å². The summed E-state index contributed by atoms with van der Waals surface area (Å²) in [4.78, 5) is 59.7. The largest absolute Gasteiger partial charge is 0.343 e. The lowest BCUT2D eigenvalue weighted by Gasteiger charge is -2.05. The Morgan fingerprint density at radius 2 is 0.677 bits per heavy atom. The number of benzene rings is 2. The average molecular weight is 440 g/mol. The van der Waals surface area contributed by atoms with Gasteiger partial charge in [0.25, 0.3) is 22.7 Å². The Bertz CT molecular complexity index is 1030. The minimum absolute atomic E-state index is 0.321. The molecule has 0 aromatic heterocycles. The predicted octanol–water partition coefficient (Wildman–Crippen LogP) is 1.66.